The van der Waals surface area contributed by atoms with E-state index >= 15 is 0 Å². The predicted octanol–water partition coefficient (Wildman–Crippen LogP) is 2.18. The number of rotatable bonds is 6. The molecule has 4 N–H and O–H groups in total. The molecule has 1 aromatic rings. The molecule has 2 rings (SSSR count). The van der Waals surface area contributed by atoms with E-state index in [1.54, 1.807) is 31.2 Å². The van der Waals surface area contributed by atoms with Gasteiger partial charge in [0.2, 0.25) is 15.9 Å². The zero-order valence-electron chi connectivity index (χ0n) is 13.1. The summed E-state index contributed by atoms with van der Waals surface area (Å²) < 4.78 is 25.4. The third kappa shape index (κ3) is 5.37. The van der Waals surface area contributed by atoms with Crippen molar-refractivity contribution < 1.29 is 13.2 Å². The first-order valence-electron chi connectivity index (χ1n) is 7.56. The highest BCUT2D eigenvalue weighted by atomic mass is 35.5. The van der Waals surface area contributed by atoms with Crippen LogP contribution in [0.1, 0.15) is 26.2 Å². The van der Waals surface area contributed by atoms with Gasteiger partial charge in [-0.2, -0.15) is 0 Å². The van der Waals surface area contributed by atoms with Crippen molar-refractivity contribution in [1.29, 1.82) is 0 Å². The van der Waals surface area contributed by atoms with Crippen molar-refractivity contribution >= 4 is 39.7 Å². The topological polar surface area (TPSA) is 101 Å². The SMILES string of the molecule is CCS(=O)(=O)Nc1ccc(NC(=O)[C@@H]2CCC[C@@H]2CN)cc1.Cl. The summed E-state index contributed by atoms with van der Waals surface area (Å²) in [4.78, 5) is 12.3. The lowest BCUT2D eigenvalue weighted by molar-refractivity contribution is -0.120. The van der Waals surface area contributed by atoms with Gasteiger partial charge in [0.05, 0.1) is 5.75 Å². The summed E-state index contributed by atoms with van der Waals surface area (Å²) in [7, 11) is -3.28. The lowest BCUT2D eigenvalue weighted by Crippen LogP contribution is -2.29. The number of carbonyl (C=O) groups is 1. The van der Waals surface area contributed by atoms with Crippen LogP contribution >= 0.6 is 12.4 Å². The van der Waals surface area contributed by atoms with Crippen LogP contribution in [0.5, 0.6) is 0 Å². The first kappa shape index (κ1) is 19.7. The molecule has 2 atom stereocenters. The highest BCUT2D eigenvalue weighted by Crippen LogP contribution is 2.31. The molecule has 130 valence electrons. The maximum Gasteiger partial charge on any atom is 0.232 e. The summed E-state index contributed by atoms with van der Waals surface area (Å²) >= 11 is 0. The zero-order chi connectivity index (χ0) is 16.2. The standard InChI is InChI=1S/C15H23N3O3S.ClH/c1-2-22(20,21)18-13-8-6-12(7-9-13)17-15(19)14-5-3-4-11(14)10-16;/h6-9,11,14,18H,2-5,10,16H2,1H3,(H,17,19);1H/t11-,14-;/m1./s1. The fourth-order valence-electron chi connectivity index (χ4n) is 2.77. The molecular formula is C15H24ClN3O3S. The van der Waals surface area contributed by atoms with Gasteiger partial charge in [0.15, 0.2) is 0 Å². The molecule has 1 amide bonds. The summed E-state index contributed by atoms with van der Waals surface area (Å²) in [5, 5.41) is 2.88. The Morgan fingerprint density at radius 3 is 2.39 bits per heavy atom. The number of hydrogen-bond donors (Lipinski definition) is 3. The Hall–Kier alpha value is -1.31. The molecule has 0 aliphatic heterocycles. The Kier molecular flexibility index (Phi) is 7.31. The van der Waals surface area contributed by atoms with Crippen molar-refractivity contribution in [3.8, 4) is 0 Å². The van der Waals surface area contributed by atoms with Crippen LogP contribution in [-0.2, 0) is 14.8 Å². The number of nitrogens with one attached hydrogen (secondary N) is 2. The van der Waals surface area contributed by atoms with Gasteiger partial charge in [-0.1, -0.05) is 6.42 Å². The Labute approximate surface area is 143 Å². The number of benzene rings is 1. The van der Waals surface area contributed by atoms with Crippen LogP contribution in [0, 0.1) is 11.8 Å². The minimum Gasteiger partial charge on any atom is -0.330 e. The van der Waals surface area contributed by atoms with Crippen molar-refractivity contribution in [1.82, 2.24) is 0 Å². The lowest BCUT2D eigenvalue weighted by atomic mass is 9.95. The minimum atomic E-state index is -3.28. The second kappa shape index (κ2) is 8.52. The van der Waals surface area contributed by atoms with Crippen molar-refractivity contribution in [3.63, 3.8) is 0 Å². The van der Waals surface area contributed by atoms with Gasteiger partial charge < -0.3 is 11.1 Å². The van der Waals surface area contributed by atoms with E-state index < -0.39 is 10.0 Å². The second-order valence-electron chi connectivity index (χ2n) is 5.61. The molecule has 6 nitrogen and oxygen atoms in total. The molecule has 0 saturated heterocycles. The van der Waals surface area contributed by atoms with Crippen LogP contribution < -0.4 is 15.8 Å². The Bertz CT molecular complexity index is 619. The lowest BCUT2D eigenvalue weighted by Gasteiger charge is -2.17. The number of anilines is 2. The van der Waals surface area contributed by atoms with Crippen LogP contribution in [0.25, 0.3) is 0 Å². The van der Waals surface area contributed by atoms with Crippen molar-refractivity contribution in [2.75, 3.05) is 22.3 Å². The molecule has 0 heterocycles. The number of hydrogen-bond acceptors (Lipinski definition) is 4. The number of nitrogens with two attached hydrogens (primary N) is 1. The Morgan fingerprint density at radius 1 is 1.22 bits per heavy atom. The predicted molar refractivity (Wildman–Crippen MR) is 95.3 cm³/mol. The van der Waals surface area contributed by atoms with Gasteiger partial charge in [0.1, 0.15) is 0 Å². The van der Waals surface area contributed by atoms with Gasteiger partial charge >= 0.3 is 0 Å². The highest BCUT2D eigenvalue weighted by Gasteiger charge is 2.31. The van der Waals surface area contributed by atoms with Crippen LogP contribution in [0.3, 0.4) is 0 Å². The van der Waals surface area contributed by atoms with Crippen LogP contribution in [0.2, 0.25) is 0 Å². The maximum absolute atomic E-state index is 12.3. The number of sulfonamides is 1. The van der Waals surface area contributed by atoms with E-state index in [2.05, 4.69) is 10.0 Å². The molecule has 0 unspecified atom stereocenters. The fourth-order valence-corrected chi connectivity index (χ4v) is 3.41. The summed E-state index contributed by atoms with van der Waals surface area (Å²) in [5.41, 5.74) is 6.85. The Morgan fingerprint density at radius 2 is 1.83 bits per heavy atom. The second-order valence-corrected chi connectivity index (χ2v) is 7.62. The molecule has 0 bridgehead atoms. The van der Waals surface area contributed by atoms with E-state index in [1.165, 1.54) is 0 Å². The van der Waals surface area contributed by atoms with E-state index in [-0.39, 0.29) is 35.9 Å². The van der Waals surface area contributed by atoms with E-state index in [1.807, 2.05) is 0 Å². The Balaban J connectivity index is 0.00000264. The van der Waals surface area contributed by atoms with Crippen LogP contribution in [-0.4, -0.2) is 26.6 Å². The molecule has 1 fully saturated rings. The number of amides is 1. The molecule has 23 heavy (non-hydrogen) atoms. The highest BCUT2D eigenvalue weighted by molar-refractivity contribution is 7.92. The van der Waals surface area contributed by atoms with E-state index in [0.29, 0.717) is 17.9 Å². The molecule has 8 heteroatoms. The third-order valence-corrected chi connectivity index (χ3v) is 5.41. The molecule has 0 spiro atoms. The van der Waals surface area contributed by atoms with Crippen LogP contribution in [0.15, 0.2) is 24.3 Å². The summed E-state index contributed by atoms with van der Waals surface area (Å²) in [5.74, 6) is 0.252. The van der Waals surface area contributed by atoms with Crippen LogP contribution in [0.4, 0.5) is 11.4 Å². The largest absolute Gasteiger partial charge is 0.330 e. The van der Waals surface area contributed by atoms with Gasteiger partial charge in [0, 0.05) is 17.3 Å². The average molecular weight is 362 g/mol. The first-order valence-corrected chi connectivity index (χ1v) is 9.22. The monoisotopic (exact) mass is 361 g/mol. The summed E-state index contributed by atoms with van der Waals surface area (Å²) in [6.07, 6.45) is 2.92. The molecule has 1 saturated carbocycles. The van der Waals surface area contributed by atoms with Crippen molar-refractivity contribution in [3.05, 3.63) is 24.3 Å². The molecule has 1 aliphatic carbocycles. The molecule has 0 aromatic heterocycles. The quantitative estimate of drug-likeness (QED) is 0.722. The summed E-state index contributed by atoms with van der Waals surface area (Å²) in [6, 6.07) is 6.66. The van der Waals surface area contributed by atoms with Gasteiger partial charge in [-0.25, -0.2) is 8.42 Å². The fraction of sp³-hybridized carbons (Fsp3) is 0.533. The zero-order valence-corrected chi connectivity index (χ0v) is 14.8. The van der Waals surface area contributed by atoms with E-state index in [4.69, 9.17) is 5.73 Å². The number of carbonyl (C=O) groups excluding carboxylic acids is 1. The molecular weight excluding hydrogens is 338 g/mol. The van der Waals surface area contributed by atoms with Crippen molar-refractivity contribution in [2.24, 2.45) is 17.6 Å². The van der Waals surface area contributed by atoms with E-state index in [0.717, 1.165) is 19.3 Å². The van der Waals surface area contributed by atoms with Crippen molar-refractivity contribution in [2.45, 2.75) is 26.2 Å². The number of halogens is 1. The minimum absolute atomic E-state index is 0. The smallest absolute Gasteiger partial charge is 0.232 e. The average Bonchev–Trinajstić information content (AvgIpc) is 2.97. The van der Waals surface area contributed by atoms with E-state index in [9.17, 15) is 13.2 Å². The van der Waals surface area contributed by atoms with Gasteiger partial charge in [-0.05, 0) is 56.5 Å². The first-order chi connectivity index (χ1) is 10.4. The van der Waals surface area contributed by atoms with Gasteiger partial charge in [-0.15, -0.1) is 12.4 Å². The molecule has 1 aliphatic rings. The van der Waals surface area contributed by atoms with Gasteiger partial charge in [-0.3, -0.25) is 9.52 Å². The third-order valence-electron chi connectivity index (χ3n) is 4.10. The summed E-state index contributed by atoms with van der Waals surface area (Å²) in [6.45, 7) is 2.11. The molecule has 1 aromatic carbocycles. The maximum atomic E-state index is 12.3. The normalized spacial score (nSPS) is 20.6. The van der Waals surface area contributed by atoms with Gasteiger partial charge in [0.25, 0.3) is 0 Å². The molecule has 0 radical (unpaired) electrons.